The Kier molecular flexibility index (Phi) is 5.31. The maximum Gasteiger partial charge on any atom is 0.333 e. The predicted octanol–water partition coefficient (Wildman–Crippen LogP) is 3.68. The molecule has 118 valence electrons. The number of rotatable bonds is 6. The lowest BCUT2D eigenvalue weighted by molar-refractivity contribution is -0.154. The van der Waals surface area contributed by atoms with Crippen molar-refractivity contribution in [2.45, 2.75) is 20.1 Å². The fraction of sp³-hybridized carbons (Fsp3) is 0.158. The Morgan fingerprint density at radius 2 is 1.83 bits per heavy atom. The van der Waals surface area contributed by atoms with Gasteiger partial charge in [0.2, 0.25) is 6.29 Å². The summed E-state index contributed by atoms with van der Waals surface area (Å²) in [5, 5.41) is 0. The minimum Gasteiger partial charge on any atom is -0.454 e. The molecule has 0 radical (unpaired) electrons. The lowest BCUT2D eigenvalue weighted by Gasteiger charge is -2.17. The second-order valence-corrected chi connectivity index (χ2v) is 5.02. The van der Waals surface area contributed by atoms with Gasteiger partial charge in [0.1, 0.15) is 5.75 Å². The van der Waals surface area contributed by atoms with E-state index in [1.807, 2.05) is 19.1 Å². The van der Waals surface area contributed by atoms with E-state index in [0.717, 1.165) is 11.6 Å². The van der Waals surface area contributed by atoms with Crippen molar-refractivity contribution in [2.24, 2.45) is 0 Å². The Labute approximate surface area is 135 Å². The fourth-order valence-corrected chi connectivity index (χ4v) is 2.07. The molecule has 0 saturated heterocycles. The summed E-state index contributed by atoms with van der Waals surface area (Å²) in [6.45, 7) is 6.81. The summed E-state index contributed by atoms with van der Waals surface area (Å²) in [7, 11) is 0. The van der Waals surface area contributed by atoms with Crippen LogP contribution >= 0.6 is 0 Å². The van der Waals surface area contributed by atoms with Gasteiger partial charge in [0.15, 0.2) is 5.78 Å². The minimum atomic E-state index is -0.829. The highest BCUT2D eigenvalue weighted by atomic mass is 16.7. The van der Waals surface area contributed by atoms with Crippen molar-refractivity contribution in [1.29, 1.82) is 0 Å². The molecule has 2 aromatic rings. The van der Waals surface area contributed by atoms with Crippen LogP contribution in [-0.2, 0) is 9.53 Å². The second kappa shape index (κ2) is 7.40. The van der Waals surface area contributed by atoms with Crippen LogP contribution in [0, 0.1) is 6.92 Å². The number of carbonyl (C=O) groups excluding carboxylic acids is 2. The van der Waals surface area contributed by atoms with Crippen molar-refractivity contribution in [1.82, 2.24) is 0 Å². The molecule has 2 rings (SSSR count). The average Bonchev–Trinajstić information content (AvgIpc) is 2.55. The number of esters is 1. The highest BCUT2D eigenvalue weighted by Gasteiger charge is 2.17. The third-order valence-electron chi connectivity index (χ3n) is 3.16. The van der Waals surface area contributed by atoms with Gasteiger partial charge in [-0.05, 0) is 24.6 Å². The van der Waals surface area contributed by atoms with Crippen molar-refractivity contribution >= 4 is 11.8 Å². The van der Waals surface area contributed by atoms with Crippen LogP contribution in [0.15, 0.2) is 61.2 Å². The van der Waals surface area contributed by atoms with Gasteiger partial charge in [0.05, 0.1) is 5.56 Å². The third kappa shape index (κ3) is 4.30. The Balaban J connectivity index is 2.29. The summed E-state index contributed by atoms with van der Waals surface area (Å²) < 4.78 is 10.6. The Morgan fingerprint density at radius 1 is 1.13 bits per heavy atom. The maximum absolute atomic E-state index is 12.6. The number of hydrogen-bond donors (Lipinski definition) is 0. The predicted molar refractivity (Wildman–Crippen MR) is 87.4 cm³/mol. The molecule has 0 fully saturated rings. The number of hydrogen-bond acceptors (Lipinski definition) is 4. The van der Waals surface area contributed by atoms with Gasteiger partial charge in [-0.2, -0.15) is 0 Å². The van der Waals surface area contributed by atoms with Crippen LogP contribution in [0.2, 0.25) is 0 Å². The number of carbonyl (C=O) groups is 2. The SMILES string of the molecule is C=CC(=O)OC(C)Oc1cc(C)ccc1C(=O)c1ccccc1. The zero-order valence-electron chi connectivity index (χ0n) is 13.1. The van der Waals surface area contributed by atoms with E-state index in [1.54, 1.807) is 43.3 Å². The average molecular weight is 310 g/mol. The molecule has 0 N–H and O–H groups in total. The lowest BCUT2D eigenvalue weighted by Crippen LogP contribution is -2.21. The first-order valence-electron chi connectivity index (χ1n) is 7.21. The standard InChI is InChI=1S/C19H18O4/c1-4-18(20)23-14(3)22-17-12-13(2)10-11-16(17)19(21)15-8-6-5-7-9-15/h4-12,14H,1H2,2-3H3. The molecular formula is C19H18O4. The molecule has 23 heavy (non-hydrogen) atoms. The van der Waals surface area contributed by atoms with Gasteiger partial charge in [-0.25, -0.2) is 4.79 Å². The molecule has 0 heterocycles. The first-order chi connectivity index (χ1) is 11.0. The highest BCUT2D eigenvalue weighted by Crippen LogP contribution is 2.24. The minimum absolute atomic E-state index is 0.150. The van der Waals surface area contributed by atoms with E-state index in [4.69, 9.17) is 9.47 Å². The number of ether oxygens (including phenoxy) is 2. The normalized spacial score (nSPS) is 11.4. The molecule has 1 atom stereocenters. The molecule has 1 unspecified atom stereocenters. The highest BCUT2D eigenvalue weighted by molar-refractivity contribution is 6.10. The number of benzene rings is 2. The van der Waals surface area contributed by atoms with Crippen LogP contribution in [0.4, 0.5) is 0 Å². The van der Waals surface area contributed by atoms with E-state index in [0.29, 0.717) is 16.9 Å². The van der Waals surface area contributed by atoms with Crippen LogP contribution in [0.1, 0.15) is 28.4 Å². The van der Waals surface area contributed by atoms with Crippen LogP contribution in [0.3, 0.4) is 0 Å². The van der Waals surface area contributed by atoms with Crippen LogP contribution in [-0.4, -0.2) is 18.0 Å². The molecule has 0 amide bonds. The molecule has 0 bridgehead atoms. The molecule has 2 aromatic carbocycles. The Morgan fingerprint density at radius 3 is 2.48 bits per heavy atom. The summed E-state index contributed by atoms with van der Waals surface area (Å²) in [5.74, 6) is -0.354. The molecule has 4 heteroatoms. The lowest BCUT2D eigenvalue weighted by atomic mass is 10.0. The van der Waals surface area contributed by atoms with Crippen LogP contribution in [0.25, 0.3) is 0 Å². The van der Waals surface area contributed by atoms with Gasteiger partial charge in [-0.15, -0.1) is 0 Å². The summed E-state index contributed by atoms with van der Waals surface area (Å²) in [6, 6.07) is 14.2. The molecule has 0 aromatic heterocycles. The van der Waals surface area contributed by atoms with E-state index in [1.165, 1.54) is 0 Å². The quantitative estimate of drug-likeness (QED) is 0.353. The van der Waals surface area contributed by atoms with Crippen LogP contribution in [0.5, 0.6) is 5.75 Å². The number of aryl methyl sites for hydroxylation is 1. The summed E-state index contributed by atoms with van der Waals surface area (Å²) >= 11 is 0. The number of ketones is 1. The van der Waals surface area contributed by atoms with E-state index < -0.39 is 12.3 Å². The van der Waals surface area contributed by atoms with Crippen molar-refractivity contribution < 1.29 is 19.1 Å². The van der Waals surface area contributed by atoms with Gasteiger partial charge in [0, 0.05) is 18.6 Å². The molecule has 4 nitrogen and oxygen atoms in total. The molecule has 0 aliphatic carbocycles. The van der Waals surface area contributed by atoms with Crippen molar-refractivity contribution in [3.8, 4) is 5.75 Å². The maximum atomic E-state index is 12.6. The Bertz CT molecular complexity index is 719. The van der Waals surface area contributed by atoms with Gasteiger partial charge in [-0.3, -0.25) is 4.79 Å². The van der Waals surface area contributed by atoms with E-state index >= 15 is 0 Å². The van der Waals surface area contributed by atoms with Gasteiger partial charge >= 0.3 is 5.97 Å². The smallest absolute Gasteiger partial charge is 0.333 e. The van der Waals surface area contributed by atoms with E-state index in [2.05, 4.69) is 6.58 Å². The molecule has 0 saturated carbocycles. The molecule has 0 aliphatic heterocycles. The first kappa shape index (κ1) is 16.5. The topological polar surface area (TPSA) is 52.6 Å². The van der Waals surface area contributed by atoms with Crippen LogP contribution < -0.4 is 4.74 Å². The largest absolute Gasteiger partial charge is 0.454 e. The van der Waals surface area contributed by atoms with Gasteiger partial charge in [-0.1, -0.05) is 43.0 Å². The summed E-state index contributed by atoms with van der Waals surface area (Å²) in [4.78, 5) is 23.9. The summed E-state index contributed by atoms with van der Waals surface area (Å²) in [6.07, 6.45) is 0.233. The fourth-order valence-electron chi connectivity index (χ4n) is 2.07. The third-order valence-corrected chi connectivity index (χ3v) is 3.16. The monoisotopic (exact) mass is 310 g/mol. The molecule has 0 spiro atoms. The zero-order chi connectivity index (χ0) is 16.8. The second-order valence-electron chi connectivity index (χ2n) is 5.02. The van der Waals surface area contributed by atoms with Gasteiger partial charge in [0.25, 0.3) is 0 Å². The zero-order valence-corrected chi connectivity index (χ0v) is 13.1. The first-order valence-corrected chi connectivity index (χ1v) is 7.21. The van der Waals surface area contributed by atoms with E-state index in [-0.39, 0.29) is 5.78 Å². The van der Waals surface area contributed by atoms with Crippen molar-refractivity contribution in [3.05, 3.63) is 77.9 Å². The van der Waals surface area contributed by atoms with E-state index in [9.17, 15) is 9.59 Å². The Hall–Kier alpha value is -2.88. The molecule has 0 aliphatic rings. The van der Waals surface area contributed by atoms with Gasteiger partial charge < -0.3 is 9.47 Å². The molecular weight excluding hydrogens is 292 g/mol. The van der Waals surface area contributed by atoms with Crippen molar-refractivity contribution in [2.75, 3.05) is 0 Å². The summed E-state index contributed by atoms with van der Waals surface area (Å²) in [5.41, 5.74) is 1.92. The van der Waals surface area contributed by atoms with Crippen molar-refractivity contribution in [3.63, 3.8) is 0 Å².